The Morgan fingerprint density at radius 1 is 1.00 bits per heavy atom. The molecule has 1 fully saturated rings. The third-order valence-electron chi connectivity index (χ3n) is 4.87. The van der Waals surface area contributed by atoms with E-state index in [1.165, 1.54) is 56.5 Å². The van der Waals surface area contributed by atoms with Crippen LogP contribution in [-0.2, 0) is 12.8 Å². The minimum atomic E-state index is 0.720. The first-order chi connectivity index (χ1) is 8.65. The van der Waals surface area contributed by atoms with Crippen molar-refractivity contribution in [3.05, 3.63) is 17.2 Å². The molecule has 0 N–H and O–H groups in total. The van der Waals surface area contributed by atoms with Gasteiger partial charge in [-0.2, -0.15) is 0 Å². The summed E-state index contributed by atoms with van der Waals surface area (Å²) in [6.45, 7) is 7.05. The van der Waals surface area contributed by atoms with Gasteiger partial charge in [0.05, 0.1) is 5.69 Å². The van der Waals surface area contributed by atoms with Gasteiger partial charge < -0.3 is 4.57 Å². The summed E-state index contributed by atoms with van der Waals surface area (Å²) in [5, 5.41) is 0. The van der Waals surface area contributed by atoms with Crippen LogP contribution in [-0.4, -0.2) is 9.55 Å². The molecule has 2 unspecified atom stereocenters. The van der Waals surface area contributed by atoms with E-state index in [0.717, 1.165) is 17.9 Å². The molecule has 0 aliphatic heterocycles. The molecule has 1 aromatic rings. The zero-order valence-corrected chi connectivity index (χ0v) is 12.1. The topological polar surface area (TPSA) is 17.8 Å². The largest absolute Gasteiger partial charge is 0.329 e. The normalized spacial score (nSPS) is 32.3. The summed E-state index contributed by atoms with van der Waals surface area (Å²) in [6, 6.07) is 0.720. The molecule has 2 aliphatic rings. The fraction of sp³-hybridized carbons (Fsp3) is 0.812. The maximum atomic E-state index is 4.84. The first-order valence-corrected chi connectivity index (χ1v) is 7.71. The minimum Gasteiger partial charge on any atom is -0.329 e. The minimum absolute atomic E-state index is 0.720. The van der Waals surface area contributed by atoms with Crippen molar-refractivity contribution in [2.24, 2.45) is 11.8 Å². The van der Waals surface area contributed by atoms with Crippen LogP contribution in [0.4, 0.5) is 0 Å². The van der Waals surface area contributed by atoms with Crippen molar-refractivity contribution >= 4 is 0 Å². The molecule has 0 amide bonds. The fourth-order valence-electron chi connectivity index (χ4n) is 4.30. The Morgan fingerprint density at radius 3 is 2.39 bits per heavy atom. The Hall–Kier alpha value is -0.790. The number of fused-ring (bicyclic) bond motifs is 1. The molecule has 1 heterocycles. The highest BCUT2D eigenvalue weighted by atomic mass is 15.1. The summed E-state index contributed by atoms with van der Waals surface area (Å²) in [5.41, 5.74) is 2.98. The monoisotopic (exact) mass is 246 g/mol. The fourth-order valence-corrected chi connectivity index (χ4v) is 4.30. The Balaban J connectivity index is 1.93. The molecule has 1 saturated carbocycles. The number of aromatic nitrogens is 2. The third-order valence-corrected chi connectivity index (χ3v) is 4.87. The van der Waals surface area contributed by atoms with Crippen LogP contribution >= 0.6 is 0 Å². The summed E-state index contributed by atoms with van der Waals surface area (Å²) in [7, 11) is 0. The van der Waals surface area contributed by atoms with Crippen molar-refractivity contribution in [2.75, 3.05) is 0 Å². The lowest BCUT2D eigenvalue weighted by Gasteiger charge is -2.34. The number of hydrogen-bond donors (Lipinski definition) is 0. The SMILES string of the molecule is Cc1nc2c(n1C1CC(C)CC(C)C1)CCCC2. The van der Waals surface area contributed by atoms with Gasteiger partial charge in [0.25, 0.3) is 0 Å². The molecule has 0 radical (unpaired) electrons. The molecule has 0 saturated heterocycles. The van der Waals surface area contributed by atoms with Gasteiger partial charge in [-0.3, -0.25) is 0 Å². The summed E-state index contributed by atoms with van der Waals surface area (Å²) < 4.78 is 2.61. The average molecular weight is 246 g/mol. The van der Waals surface area contributed by atoms with Gasteiger partial charge in [-0.1, -0.05) is 13.8 Å². The van der Waals surface area contributed by atoms with Crippen molar-refractivity contribution in [3.8, 4) is 0 Å². The zero-order valence-electron chi connectivity index (χ0n) is 12.1. The number of aryl methyl sites for hydroxylation is 2. The van der Waals surface area contributed by atoms with E-state index < -0.39 is 0 Å². The van der Waals surface area contributed by atoms with Gasteiger partial charge in [0.2, 0.25) is 0 Å². The van der Waals surface area contributed by atoms with E-state index in [9.17, 15) is 0 Å². The second-order valence-corrected chi connectivity index (χ2v) is 6.70. The van der Waals surface area contributed by atoms with E-state index in [1.807, 2.05) is 0 Å². The molecule has 2 heteroatoms. The molecule has 0 spiro atoms. The molecule has 100 valence electrons. The maximum Gasteiger partial charge on any atom is 0.106 e. The number of nitrogens with zero attached hydrogens (tertiary/aromatic N) is 2. The lowest BCUT2D eigenvalue weighted by molar-refractivity contribution is 0.216. The van der Waals surface area contributed by atoms with Crippen LogP contribution in [0, 0.1) is 18.8 Å². The number of hydrogen-bond acceptors (Lipinski definition) is 1. The quantitative estimate of drug-likeness (QED) is 0.730. The molecule has 2 aliphatic carbocycles. The first-order valence-electron chi connectivity index (χ1n) is 7.71. The second-order valence-electron chi connectivity index (χ2n) is 6.70. The number of rotatable bonds is 1. The van der Waals surface area contributed by atoms with E-state index in [2.05, 4.69) is 25.3 Å². The summed E-state index contributed by atoms with van der Waals surface area (Å²) in [4.78, 5) is 4.84. The molecular formula is C16H26N2. The third kappa shape index (κ3) is 2.10. The van der Waals surface area contributed by atoms with Crippen LogP contribution in [0.15, 0.2) is 0 Å². The van der Waals surface area contributed by atoms with E-state index in [-0.39, 0.29) is 0 Å². The van der Waals surface area contributed by atoms with Crippen LogP contribution in [0.2, 0.25) is 0 Å². The van der Waals surface area contributed by atoms with Crippen LogP contribution in [0.1, 0.15) is 69.2 Å². The van der Waals surface area contributed by atoms with E-state index in [1.54, 1.807) is 5.69 Å². The smallest absolute Gasteiger partial charge is 0.106 e. The van der Waals surface area contributed by atoms with Crippen LogP contribution in [0.3, 0.4) is 0 Å². The van der Waals surface area contributed by atoms with Crippen molar-refractivity contribution in [1.82, 2.24) is 9.55 Å². The highest BCUT2D eigenvalue weighted by Crippen LogP contribution is 2.38. The van der Waals surface area contributed by atoms with E-state index in [0.29, 0.717) is 0 Å². The summed E-state index contributed by atoms with van der Waals surface area (Å²) in [6.07, 6.45) is 9.28. The lowest BCUT2D eigenvalue weighted by Crippen LogP contribution is -2.25. The molecule has 2 atom stereocenters. The maximum absolute atomic E-state index is 4.84. The predicted molar refractivity (Wildman–Crippen MR) is 74.8 cm³/mol. The van der Waals surface area contributed by atoms with Crippen molar-refractivity contribution < 1.29 is 0 Å². The number of imidazole rings is 1. The van der Waals surface area contributed by atoms with Crippen molar-refractivity contribution in [3.63, 3.8) is 0 Å². The Kier molecular flexibility index (Phi) is 3.21. The van der Waals surface area contributed by atoms with Crippen LogP contribution < -0.4 is 0 Å². The Bertz CT molecular complexity index is 423. The molecule has 18 heavy (non-hydrogen) atoms. The Morgan fingerprint density at radius 2 is 1.67 bits per heavy atom. The van der Waals surface area contributed by atoms with Gasteiger partial charge in [-0.15, -0.1) is 0 Å². The predicted octanol–water partition coefficient (Wildman–Crippen LogP) is 4.07. The van der Waals surface area contributed by atoms with Gasteiger partial charge in [0.1, 0.15) is 5.82 Å². The lowest BCUT2D eigenvalue weighted by atomic mass is 9.80. The second kappa shape index (κ2) is 4.71. The highest BCUT2D eigenvalue weighted by molar-refractivity contribution is 5.21. The Labute approximate surface area is 111 Å². The molecule has 2 nitrogen and oxygen atoms in total. The van der Waals surface area contributed by atoms with Gasteiger partial charge in [0.15, 0.2) is 0 Å². The van der Waals surface area contributed by atoms with E-state index in [4.69, 9.17) is 4.98 Å². The molecular weight excluding hydrogens is 220 g/mol. The van der Waals surface area contributed by atoms with E-state index >= 15 is 0 Å². The molecule has 0 aromatic carbocycles. The molecule has 3 rings (SSSR count). The van der Waals surface area contributed by atoms with Gasteiger partial charge >= 0.3 is 0 Å². The van der Waals surface area contributed by atoms with Gasteiger partial charge in [0, 0.05) is 11.7 Å². The average Bonchev–Trinajstić information content (AvgIpc) is 2.63. The molecule has 0 bridgehead atoms. The van der Waals surface area contributed by atoms with Crippen molar-refractivity contribution in [1.29, 1.82) is 0 Å². The van der Waals surface area contributed by atoms with Crippen molar-refractivity contribution in [2.45, 2.75) is 71.8 Å². The van der Waals surface area contributed by atoms with Crippen LogP contribution in [0.25, 0.3) is 0 Å². The zero-order chi connectivity index (χ0) is 12.7. The van der Waals surface area contributed by atoms with Crippen LogP contribution in [0.5, 0.6) is 0 Å². The standard InChI is InChI=1S/C16H26N2/c1-11-8-12(2)10-14(9-11)18-13(3)17-15-6-4-5-7-16(15)18/h11-12,14H,4-10H2,1-3H3. The van der Waals surface area contributed by atoms with Gasteiger partial charge in [-0.05, 0) is 63.7 Å². The summed E-state index contributed by atoms with van der Waals surface area (Å²) in [5.74, 6) is 3.02. The summed E-state index contributed by atoms with van der Waals surface area (Å²) >= 11 is 0. The first kappa shape index (κ1) is 12.3. The highest BCUT2D eigenvalue weighted by Gasteiger charge is 2.29. The molecule has 1 aromatic heterocycles. The van der Waals surface area contributed by atoms with Gasteiger partial charge in [-0.25, -0.2) is 4.98 Å².